The number of rotatable bonds is 4. The summed E-state index contributed by atoms with van der Waals surface area (Å²) in [6.45, 7) is -0.232. The van der Waals surface area contributed by atoms with Crippen LogP contribution in [0, 0.1) is 0 Å². The molecule has 0 aliphatic heterocycles. The number of nitrogens with two attached hydrogens (primary N) is 1. The van der Waals surface area contributed by atoms with E-state index >= 15 is 0 Å². The fraction of sp³-hybridized carbons (Fsp3) is 0.222. The van der Waals surface area contributed by atoms with E-state index in [9.17, 15) is 9.90 Å². The van der Waals surface area contributed by atoms with Gasteiger partial charge in [-0.1, -0.05) is 6.07 Å². The van der Waals surface area contributed by atoms with E-state index in [-0.39, 0.29) is 12.2 Å². The highest BCUT2D eigenvalue weighted by atomic mass is 16.4. The average Bonchev–Trinajstić information content (AvgIpc) is 2.27. The van der Waals surface area contributed by atoms with Gasteiger partial charge in [0.15, 0.2) is 6.10 Å². The monoisotopic (exact) mass is 212 g/mol. The molecule has 0 fully saturated rings. The Morgan fingerprint density at radius 2 is 2.20 bits per heavy atom. The minimum absolute atomic E-state index is 0.122. The van der Waals surface area contributed by atoms with Gasteiger partial charge in [-0.3, -0.25) is 5.84 Å². The number of benzene rings is 1. The molecule has 0 aliphatic carbocycles. The Balaban J connectivity index is 3.16. The van der Waals surface area contributed by atoms with Crippen molar-refractivity contribution in [2.45, 2.75) is 12.7 Å². The number of carboxylic acid groups (broad SMARTS) is 1. The van der Waals surface area contributed by atoms with Gasteiger partial charge in [0, 0.05) is 5.56 Å². The second-order valence-corrected chi connectivity index (χ2v) is 2.96. The molecule has 1 aromatic rings. The van der Waals surface area contributed by atoms with Crippen molar-refractivity contribution in [1.82, 2.24) is 0 Å². The number of hydrogen-bond donors (Lipinski definition) is 5. The Bertz CT molecular complexity index is 367. The van der Waals surface area contributed by atoms with Crippen molar-refractivity contribution >= 4 is 11.7 Å². The molecule has 0 amide bonds. The SMILES string of the molecule is NNc1ccc(CO)cc1C(O)C(=O)O. The van der Waals surface area contributed by atoms with Crippen molar-refractivity contribution in [3.63, 3.8) is 0 Å². The number of anilines is 1. The summed E-state index contributed by atoms with van der Waals surface area (Å²) in [5, 5.41) is 26.9. The van der Waals surface area contributed by atoms with Crippen LogP contribution >= 0.6 is 0 Å². The number of aliphatic hydroxyl groups is 2. The molecule has 0 aliphatic rings. The Hall–Kier alpha value is -1.63. The first-order chi connectivity index (χ1) is 7.10. The first kappa shape index (κ1) is 11.4. The number of carboxylic acids is 1. The van der Waals surface area contributed by atoms with Gasteiger partial charge in [-0.25, -0.2) is 4.79 Å². The van der Waals surface area contributed by atoms with Gasteiger partial charge in [-0.15, -0.1) is 0 Å². The number of aliphatic carboxylic acids is 1. The maximum absolute atomic E-state index is 10.6. The molecule has 1 rings (SSSR count). The molecule has 0 saturated heterocycles. The third-order valence-electron chi connectivity index (χ3n) is 1.98. The molecular weight excluding hydrogens is 200 g/mol. The highest BCUT2D eigenvalue weighted by molar-refractivity contribution is 5.77. The van der Waals surface area contributed by atoms with E-state index in [1.807, 2.05) is 0 Å². The van der Waals surface area contributed by atoms with Gasteiger partial charge in [0.1, 0.15) is 0 Å². The first-order valence-electron chi connectivity index (χ1n) is 4.21. The molecular formula is C9H12N2O4. The van der Waals surface area contributed by atoms with Gasteiger partial charge < -0.3 is 20.7 Å². The molecule has 6 heteroatoms. The largest absolute Gasteiger partial charge is 0.479 e. The fourth-order valence-corrected chi connectivity index (χ4v) is 1.20. The minimum atomic E-state index is -1.66. The Kier molecular flexibility index (Phi) is 3.62. The quantitative estimate of drug-likeness (QED) is 0.342. The van der Waals surface area contributed by atoms with Crippen molar-refractivity contribution < 1.29 is 20.1 Å². The molecule has 6 N–H and O–H groups in total. The number of carbonyl (C=O) groups is 1. The zero-order valence-electron chi connectivity index (χ0n) is 7.84. The van der Waals surface area contributed by atoms with Crippen molar-refractivity contribution in [1.29, 1.82) is 0 Å². The molecule has 1 aromatic carbocycles. The molecule has 15 heavy (non-hydrogen) atoms. The van der Waals surface area contributed by atoms with Gasteiger partial charge in [-0.2, -0.15) is 0 Å². The molecule has 6 nitrogen and oxygen atoms in total. The summed E-state index contributed by atoms with van der Waals surface area (Å²) in [6, 6.07) is 4.45. The molecule has 0 bridgehead atoms. The minimum Gasteiger partial charge on any atom is -0.479 e. The Morgan fingerprint density at radius 1 is 1.53 bits per heavy atom. The van der Waals surface area contributed by atoms with Crippen molar-refractivity contribution in [3.8, 4) is 0 Å². The van der Waals surface area contributed by atoms with Crippen LogP contribution in [0.1, 0.15) is 17.2 Å². The van der Waals surface area contributed by atoms with Crippen LogP contribution in [0.5, 0.6) is 0 Å². The van der Waals surface area contributed by atoms with Crippen molar-refractivity contribution in [2.24, 2.45) is 5.84 Å². The molecule has 0 aromatic heterocycles. The third kappa shape index (κ3) is 2.44. The van der Waals surface area contributed by atoms with E-state index in [2.05, 4.69) is 5.43 Å². The molecule has 1 atom stereocenters. The summed E-state index contributed by atoms with van der Waals surface area (Å²) in [6.07, 6.45) is -1.66. The highest BCUT2D eigenvalue weighted by Gasteiger charge is 2.19. The van der Waals surface area contributed by atoms with Gasteiger partial charge in [-0.05, 0) is 17.7 Å². The third-order valence-corrected chi connectivity index (χ3v) is 1.98. The molecule has 0 heterocycles. The molecule has 1 unspecified atom stereocenters. The predicted molar refractivity (Wildman–Crippen MR) is 52.8 cm³/mol. The average molecular weight is 212 g/mol. The van der Waals surface area contributed by atoms with Gasteiger partial charge >= 0.3 is 5.97 Å². The smallest absolute Gasteiger partial charge is 0.337 e. The highest BCUT2D eigenvalue weighted by Crippen LogP contribution is 2.24. The van der Waals surface area contributed by atoms with Gasteiger partial charge in [0.2, 0.25) is 0 Å². The van der Waals surface area contributed by atoms with E-state index in [4.69, 9.17) is 16.1 Å². The van der Waals surface area contributed by atoms with Crippen LogP contribution in [0.15, 0.2) is 18.2 Å². The number of hydrogen-bond acceptors (Lipinski definition) is 5. The number of nitrogens with one attached hydrogen (secondary N) is 1. The van der Waals surface area contributed by atoms with Crippen molar-refractivity contribution in [2.75, 3.05) is 5.43 Å². The summed E-state index contributed by atoms with van der Waals surface area (Å²) in [5.41, 5.74) is 3.21. The van der Waals surface area contributed by atoms with Crippen molar-refractivity contribution in [3.05, 3.63) is 29.3 Å². The lowest BCUT2D eigenvalue weighted by atomic mass is 10.0. The van der Waals surface area contributed by atoms with Crippen LogP contribution in [0.3, 0.4) is 0 Å². The topological polar surface area (TPSA) is 116 Å². The lowest BCUT2D eigenvalue weighted by Gasteiger charge is -2.12. The number of aliphatic hydroxyl groups excluding tert-OH is 2. The number of hydrazine groups is 1. The molecule has 0 radical (unpaired) electrons. The molecule has 82 valence electrons. The summed E-state index contributed by atoms with van der Waals surface area (Å²) < 4.78 is 0. The lowest BCUT2D eigenvalue weighted by Crippen LogP contribution is -2.16. The Morgan fingerprint density at radius 3 is 2.67 bits per heavy atom. The summed E-state index contributed by atoms with van der Waals surface area (Å²) in [7, 11) is 0. The van der Waals surface area contributed by atoms with E-state index in [0.29, 0.717) is 11.3 Å². The standard InChI is InChI=1S/C9H12N2O4/c10-11-7-2-1-5(4-12)3-6(7)8(13)9(14)15/h1-3,8,11-13H,4,10H2,(H,14,15). The maximum atomic E-state index is 10.6. The zero-order chi connectivity index (χ0) is 11.4. The summed E-state index contributed by atoms with van der Waals surface area (Å²) in [4.78, 5) is 10.6. The van der Waals surface area contributed by atoms with E-state index in [1.165, 1.54) is 12.1 Å². The number of nitrogen functional groups attached to an aromatic ring is 1. The lowest BCUT2D eigenvalue weighted by molar-refractivity contribution is -0.146. The summed E-state index contributed by atoms with van der Waals surface area (Å²) >= 11 is 0. The van der Waals surface area contributed by atoms with Crippen LogP contribution in [0.4, 0.5) is 5.69 Å². The maximum Gasteiger partial charge on any atom is 0.337 e. The second-order valence-electron chi connectivity index (χ2n) is 2.96. The zero-order valence-corrected chi connectivity index (χ0v) is 7.84. The fourth-order valence-electron chi connectivity index (χ4n) is 1.20. The van der Waals surface area contributed by atoms with E-state index in [1.54, 1.807) is 6.07 Å². The molecule has 0 saturated carbocycles. The van der Waals surface area contributed by atoms with Gasteiger partial charge in [0.05, 0.1) is 12.3 Å². The van der Waals surface area contributed by atoms with Crippen LogP contribution in [-0.4, -0.2) is 21.3 Å². The second kappa shape index (κ2) is 4.74. The normalized spacial score (nSPS) is 12.2. The van der Waals surface area contributed by atoms with Crippen LogP contribution in [0.2, 0.25) is 0 Å². The predicted octanol–water partition coefficient (Wildman–Crippen LogP) is -0.418. The van der Waals surface area contributed by atoms with Gasteiger partial charge in [0.25, 0.3) is 0 Å². The van der Waals surface area contributed by atoms with E-state index in [0.717, 1.165) is 0 Å². The first-order valence-corrected chi connectivity index (χ1v) is 4.21. The van der Waals surface area contributed by atoms with Crippen LogP contribution in [0.25, 0.3) is 0 Å². The molecule has 0 spiro atoms. The summed E-state index contributed by atoms with van der Waals surface area (Å²) in [5.74, 6) is 3.79. The van der Waals surface area contributed by atoms with E-state index < -0.39 is 12.1 Å². The Labute approximate surface area is 85.9 Å². The van der Waals surface area contributed by atoms with Crippen LogP contribution in [-0.2, 0) is 11.4 Å². The van der Waals surface area contributed by atoms with Crippen LogP contribution < -0.4 is 11.3 Å².